The van der Waals surface area contributed by atoms with Gasteiger partial charge in [0.1, 0.15) is 0 Å². The molecule has 0 aliphatic carbocycles. The third kappa shape index (κ3) is 2.86. The number of aromatic nitrogens is 1. The van der Waals surface area contributed by atoms with Gasteiger partial charge in [0.2, 0.25) is 0 Å². The normalized spacial score (nSPS) is 9.95. The van der Waals surface area contributed by atoms with Gasteiger partial charge in [0, 0.05) is 17.3 Å². The van der Waals surface area contributed by atoms with Gasteiger partial charge in [-0.3, -0.25) is 4.98 Å². The van der Waals surface area contributed by atoms with Gasteiger partial charge in [-0.1, -0.05) is 18.2 Å². The zero-order chi connectivity index (χ0) is 15.4. The Labute approximate surface area is 127 Å². The van der Waals surface area contributed by atoms with Crippen molar-refractivity contribution >= 4 is 28.3 Å². The van der Waals surface area contributed by atoms with Crippen LogP contribution >= 0.6 is 0 Å². The van der Waals surface area contributed by atoms with E-state index in [9.17, 15) is 4.79 Å². The third-order valence-corrected chi connectivity index (χ3v) is 3.15. The number of carbonyl (C=O) groups excluding carboxylic acids is 1. The topological polar surface area (TPSA) is 77.8 Å². The fourth-order valence-corrected chi connectivity index (χ4v) is 2.12. The number of pyridine rings is 1. The van der Waals surface area contributed by atoms with Crippen molar-refractivity contribution in [1.82, 2.24) is 4.98 Å². The summed E-state index contributed by atoms with van der Waals surface area (Å²) < 4.78 is 0. The van der Waals surface area contributed by atoms with E-state index in [0.717, 1.165) is 10.9 Å². The molecule has 0 spiro atoms. The molecule has 1 heterocycles. The monoisotopic (exact) mass is 288 g/mol. The number of para-hydroxylation sites is 1. The molecule has 2 amide bonds. The molecule has 0 atom stereocenters. The highest BCUT2D eigenvalue weighted by molar-refractivity contribution is 6.04. The number of benzene rings is 2. The lowest BCUT2D eigenvalue weighted by atomic mass is 10.2. The van der Waals surface area contributed by atoms with Crippen molar-refractivity contribution in [1.29, 1.82) is 5.26 Å². The van der Waals surface area contributed by atoms with Crippen LogP contribution in [0.5, 0.6) is 0 Å². The van der Waals surface area contributed by atoms with Crippen molar-refractivity contribution in [2.75, 3.05) is 10.6 Å². The van der Waals surface area contributed by atoms with Gasteiger partial charge in [0.05, 0.1) is 22.8 Å². The summed E-state index contributed by atoms with van der Waals surface area (Å²) >= 11 is 0. The number of anilines is 2. The molecule has 0 aliphatic rings. The Hall–Kier alpha value is -3.39. The van der Waals surface area contributed by atoms with E-state index >= 15 is 0 Å². The van der Waals surface area contributed by atoms with Crippen molar-refractivity contribution in [2.45, 2.75) is 0 Å². The molecule has 0 unspecified atom stereocenters. The Bertz CT molecular complexity index is 860. The van der Waals surface area contributed by atoms with E-state index in [2.05, 4.69) is 15.6 Å². The minimum absolute atomic E-state index is 0.358. The second kappa shape index (κ2) is 5.94. The van der Waals surface area contributed by atoms with Crippen molar-refractivity contribution < 1.29 is 4.79 Å². The fraction of sp³-hybridized carbons (Fsp3) is 0. The summed E-state index contributed by atoms with van der Waals surface area (Å²) in [7, 11) is 0. The second-order valence-electron chi connectivity index (χ2n) is 4.65. The zero-order valence-electron chi connectivity index (χ0n) is 11.6. The molecule has 106 valence electrons. The minimum Gasteiger partial charge on any atom is -0.308 e. The summed E-state index contributed by atoms with van der Waals surface area (Å²) in [5.74, 6) is 0. The number of nitriles is 1. The van der Waals surface area contributed by atoms with Crippen LogP contribution in [-0.2, 0) is 0 Å². The highest BCUT2D eigenvalue weighted by Crippen LogP contribution is 2.20. The molecule has 1 aromatic heterocycles. The number of rotatable bonds is 2. The SMILES string of the molecule is N#Cc1ccc(NC(=O)Nc2cccc3cccnc23)cc1. The molecular formula is C17H12N4O. The van der Waals surface area contributed by atoms with Gasteiger partial charge in [-0.05, 0) is 36.4 Å². The maximum Gasteiger partial charge on any atom is 0.323 e. The first kappa shape index (κ1) is 13.6. The van der Waals surface area contributed by atoms with Crippen LogP contribution in [0.25, 0.3) is 10.9 Å². The van der Waals surface area contributed by atoms with Gasteiger partial charge >= 0.3 is 6.03 Å². The average molecular weight is 288 g/mol. The van der Waals surface area contributed by atoms with Crippen LogP contribution in [0.4, 0.5) is 16.2 Å². The van der Waals surface area contributed by atoms with Crippen molar-refractivity contribution in [3.8, 4) is 6.07 Å². The van der Waals surface area contributed by atoms with Crippen LogP contribution < -0.4 is 10.6 Å². The molecule has 3 rings (SSSR count). The van der Waals surface area contributed by atoms with E-state index in [-0.39, 0.29) is 6.03 Å². The molecule has 0 saturated heterocycles. The smallest absolute Gasteiger partial charge is 0.308 e. The minimum atomic E-state index is -0.358. The summed E-state index contributed by atoms with van der Waals surface area (Å²) in [5, 5.41) is 15.2. The second-order valence-corrected chi connectivity index (χ2v) is 4.65. The van der Waals surface area contributed by atoms with Crippen LogP contribution in [0, 0.1) is 11.3 Å². The molecule has 0 saturated carbocycles. The Morgan fingerprint density at radius 2 is 1.77 bits per heavy atom. The van der Waals surface area contributed by atoms with E-state index in [4.69, 9.17) is 5.26 Å². The summed E-state index contributed by atoms with van der Waals surface area (Å²) in [5.41, 5.74) is 2.54. The molecule has 0 fully saturated rings. The number of amides is 2. The number of fused-ring (bicyclic) bond motifs is 1. The first-order valence-electron chi connectivity index (χ1n) is 6.68. The van der Waals surface area contributed by atoms with E-state index in [1.807, 2.05) is 30.3 Å². The quantitative estimate of drug-likeness (QED) is 0.753. The van der Waals surface area contributed by atoms with Gasteiger partial charge in [-0.2, -0.15) is 5.26 Å². The maximum absolute atomic E-state index is 12.1. The number of nitrogens with one attached hydrogen (secondary N) is 2. The van der Waals surface area contributed by atoms with Crippen molar-refractivity contribution in [2.24, 2.45) is 0 Å². The largest absolute Gasteiger partial charge is 0.323 e. The van der Waals surface area contributed by atoms with Crippen LogP contribution in [0.1, 0.15) is 5.56 Å². The molecule has 3 aromatic rings. The summed E-state index contributed by atoms with van der Waals surface area (Å²) in [4.78, 5) is 16.4. The standard InChI is InChI=1S/C17H12N4O/c18-11-12-6-8-14(9-7-12)20-17(22)21-15-5-1-3-13-4-2-10-19-16(13)15/h1-10H,(H2,20,21,22). The third-order valence-electron chi connectivity index (χ3n) is 3.15. The summed E-state index contributed by atoms with van der Waals surface area (Å²) in [6.07, 6.45) is 1.69. The van der Waals surface area contributed by atoms with Crippen LogP contribution in [0.3, 0.4) is 0 Å². The lowest BCUT2D eigenvalue weighted by Gasteiger charge is -2.09. The molecule has 0 aliphatic heterocycles. The molecule has 0 radical (unpaired) electrons. The molecule has 2 N–H and O–H groups in total. The van der Waals surface area contributed by atoms with Crippen LogP contribution in [0.15, 0.2) is 60.8 Å². The number of urea groups is 1. The molecule has 5 heteroatoms. The summed E-state index contributed by atoms with van der Waals surface area (Å²) in [6, 6.07) is 17.7. The molecular weight excluding hydrogens is 276 g/mol. The highest BCUT2D eigenvalue weighted by Gasteiger charge is 2.06. The molecule has 0 bridgehead atoms. The van der Waals surface area contributed by atoms with Crippen molar-refractivity contribution in [3.63, 3.8) is 0 Å². The zero-order valence-corrected chi connectivity index (χ0v) is 11.6. The van der Waals surface area contributed by atoms with Gasteiger partial charge in [-0.25, -0.2) is 4.79 Å². The summed E-state index contributed by atoms with van der Waals surface area (Å²) in [6.45, 7) is 0. The average Bonchev–Trinajstić information content (AvgIpc) is 2.56. The molecule has 22 heavy (non-hydrogen) atoms. The Morgan fingerprint density at radius 1 is 1.00 bits per heavy atom. The highest BCUT2D eigenvalue weighted by atomic mass is 16.2. The van der Waals surface area contributed by atoms with E-state index < -0.39 is 0 Å². The van der Waals surface area contributed by atoms with Gasteiger partial charge in [0.15, 0.2) is 0 Å². The van der Waals surface area contributed by atoms with Crippen LogP contribution in [0.2, 0.25) is 0 Å². The van der Waals surface area contributed by atoms with Crippen LogP contribution in [-0.4, -0.2) is 11.0 Å². The van der Waals surface area contributed by atoms with Crippen molar-refractivity contribution in [3.05, 3.63) is 66.4 Å². The predicted molar refractivity (Wildman–Crippen MR) is 85.5 cm³/mol. The van der Waals surface area contributed by atoms with E-state index in [1.54, 1.807) is 36.5 Å². The first-order valence-corrected chi connectivity index (χ1v) is 6.68. The number of carbonyl (C=O) groups is 1. The number of nitrogens with zero attached hydrogens (tertiary/aromatic N) is 2. The number of hydrogen-bond donors (Lipinski definition) is 2. The van der Waals surface area contributed by atoms with E-state index in [0.29, 0.717) is 16.9 Å². The van der Waals surface area contributed by atoms with Gasteiger partial charge < -0.3 is 10.6 Å². The number of hydrogen-bond acceptors (Lipinski definition) is 3. The first-order chi connectivity index (χ1) is 10.8. The van der Waals surface area contributed by atoms with Gasteiger partial charge in [0.25, 0.3) is 0 Å². The van der Waals surface area contributed by atoms with E-state index in [1.165, 1.54) is 0 Å². The Balaban J connectivity index is 1.77. The lowest BCUT2D eigenvalue weighted by molar-refractivity contribution is 0.262. The molecule has 5 nitrogen and oxygen atoms in total. The lowest BCUT2D eigenvalue weighted by Crippen LogP contribution is -2.19. The Morgan fingerprint density at radius 3 is 2.55 bits per heavy atom. The maximum atomic E-state index is 12.1. The predicted octanol–water partition coefficient (Wildman–Crippen LogP) is 3.75. The molecule has 2 aromatic carbocycles. The van der Waals surface area contributed by atoms with Gasteiger partial charge in [-0.15, -0.1) is 0 Å². The Kier molecular flexibility index (Phi) is 3.67. The fourth-order valence-electron chi connectivity index (χ4n) is 2.12.